The second kappa shape index (κ2) is 10.9. The lowest BCUT2D eigenvalue weighted by atomic mass is 10.0. The molecule has 10 aromatic rings. The SMILES string of the molecule is C1=Cc2c(oc3c(-c4nc(-c5ccccc5-n5c6ccccc6c6ccccc65)nc(-c5cccc6oc7ccccc7c56)n4)cccc23)CC1. The number of para-hydroxylation sites is 5. The Morgan fingerprint density at radius 2 is 1.08 bits per heavy atom. The molecule has 51 heavy (non-hydrogen) atoms. The van der Waals surface area contributed by atoms with Gasteiger partial charge in [-0.05, 0) is 48.9 Å². The molecule has 1 aliphatic carbocycles. The molecule has 0 saturated carbocycles. The maximum atomic E-state index is 6.59. The molecule has 0 atom stereocenters. The van der Waals surface area contributed by atoms with Gasteiger partial charge in [0.15, 0.2) is 17.5 Å². The van der Waals surface area contributed by atoms with Gasteiger partial charge < -0.3 is 13.4 Å². The summed E-state index contributed by atoms with van der Waals surface area (Å²) in [5.74, 6) is 2.70. The maximum Gasteiger partial charge on any atom is 0.167 e. The summed E-state index contributed by atoms with van der Waals surface area (Å²) >= 11 is 0. The van der Waals surface area contributed by atoms with Gasteiger partial charge in [-0.1, -0.05) is 103 Å². The van der Waals surface area contributed by atoms with Gasteiger partial charge >= 0.3 is 0 Å². The highest BCUT2D eigenvalue weighted by Gasteiger charge is 2.23. The Bertz CT molecular complexity index is 3000. The maximum absolute atomic E-state index is 6.59. The molecule has 11 rings (SSSR count). The smallest absolute Gasteiger partial charge is 0.167 e. The molecular weight excluding hydrogens is 629 g/mol. The van der Waals surface area contributed by atoms with Crippen LogP contribution in [-0.2, 0) is 6.42 Å². The van der Waals surface area contributed by atoms with Crippen LogP contribution < -0.4 is 0 Å². The fourth-order valence-corrected chi connectivity index (χ4v) is 7.89. The number of benzene rings is 6. The molecule has 0 saturated heterocycles. The Kier molecular flexibility index (Phi) is 5.98. The molecule has 0 N–H and O–H groups in total. The summed E-state index contributed by atoms with van der Waals surface area (Å²) in [5, 5.41) is 5.45. The predicted molar refractivity (Wildman–Crippen MR) is 205 cm³/mol. The van der Waals surface area contributed by atoms with Gasteiger partial charge in [0.2, 0.25) is 0 Å². The normalized spacial score (nSPS) is 12.9. The topological polar surface area (TPSA) is 69.9 Å². The minimum atomic E-state index is 0.553. The summed E-state index contributed by atoms with van der Waals surface area (Å²) in [5.41, 5.74) is 9.38. The Hall–Kier alpha value is -6.79. The molecule has 6 aromatic carbocycles. The molecule has 0 unspecified atom stereocenters. The van der Waals surface area contributed by atoms with E-state index in [2.05, 4.69) is 114 Å². The molecule has 6 nitrogen and oxygen atoms in total. The highest BCUT2D eigenvalue weighted by molar-refractivity contribution is 6.12. The highest BCUT2D eigenvalue weighted by Crippen LogP contribution is 2.41. The van der Waals surface area contributed by atoms with Crippen molar-refractivity contribution in [1.82, 2.24) is 19.5 Å². The molecule has 0 amide bonds. The van der Waals surface area contributed by atoms with Gasteiger partial charge in [0.25, 0.3) is 0 Å². The molecule has 4 aromatic heterocycles. The van der Waals surface area contributed by atoms with Gasteiger partial charge in [-0.15, -0.1) is 0 Å². The fourth-order valence-electron chi connectivity index (χ4n) is 7.89. The van der Waals surface area contributed by atoms with Crippen molar-refractivity contribution in [1.29, 1.82) is 0 Å². The van der Waals surface area contributed by atoms with Crippen LogP contribution in [0, 0.1) is 0 Å². The molecule has 4 heterocycles. The van der Waals surface area contributed by atoms with Crippen molar-refractivity contribution in [3.8, 4) is 39.9 Å². The van der Waals surface area contributed by atoms with Crippen molar-refractivity contribution in [2.75, 3.05) is 0 Å². The number of nitrogens with zero attached hydrogens (tertiary/aromatic N) is 4. The van der Waals surface area contributed by atoms with Crippen LogP contribution in [0.25, 0.3) is 101 Å². The lowest BCUT2D eigenvalue weighted by Gasteiger charge is -2.14. The number of aromatic nitrogens is 4. The minimum Gasteiger partial charge on any atom is -0.460 e. The van der Waals surface area contributed by atoms with Crippen molar-refractivity contribution in [3.05, 3.63) is 151 Å². The first kappa shape index (κ1) is 28.1. The third-order valence-corrected chi connectivity index (χ3v) is 10.1. The second-order valence-corrected chi connectivity index (χ2v) is 13.0. The largest absolute Gasteiger partial charge is 0.460 e. The average Bonchev–Trinajstić information content (AvgIpc) is 3.87. The van der Waals surface area contributed by atoms with E-state index >= 15 is 0 Å². The van der Waals surface area contributed by atoms with E-state index in [1.54, 1.807) is 0 Å². The van der Waals surface area contributed by atoms with Gasteiger partial charge in [-0.2, -0.15) is 0 Å². The first-order chi connectivity index (χ1) is 25.3. The molecule has 0 fully saturated rings. The van der Waals surface area contributed by atoms with Crippen LogP contribution in [0.1, 0.15) is 17.7 Å². The van der Waals surface area contributed by atoms with E-state index < -0.39 is 0 Å². The van der Waals surface area contributed by atoms with E-state index in [-0.39, 0.29) is 0 Å². The van der Waals surface area contributed by atoms with Crippen molar-refractivity contribution < 1.29 is 8.83 Å². The van der Waals surface area contributed by atoms with Gasteiger partial charge in [0, 0.05) is 50.0 Å². The monoisotopic (exact) mass is 656 g/mol. The first-order valence-electron chi connectivity index (χ1n) is 17.3. The van der Waals surface area contributed by atoms with Crippen LogP contribution in [0.15, 0.2) is 148 Å². The van der Waals surface area contributed by atoms with Crippen LogP contribution in [-0.4, -0.2) is 19.5 Å². The fraction of sp³-hybridized carbons (Fsp3) is 0.0444. The predicted octanol–water partition coefficient (Wildman–Crippen LogP) is 11.6. The average molecular weight is 657 g/mol. The number of hydrogen-bond acceptors (Lipinski definition) is 5. The number of aryl methyl sites for hydroxylation is 1. The molecule has 0 radical (unpaired) electrons. The minimum absolute atomic E-state index is 0.553. The number of allylic oxidation sites excluding steroid dienone is 1. The zero-order chi connectivity index (χ0) is 33.5. The lowest BCUT2D eigenvalue weighted by molar-refractivity contribution is 0.547. The third-order valence-electron chi connectivity index (χ3n) is 10.1. The molecule has 0 aliphatic heterocycles. The van der Waals surface area contributed by atoms with Gasteiger partial charge in [-0.25, -0.2) is 15.0 Å². The summed E-state index contributed by atoms with van der Waals surface area (Å²) in [6, 6.07) is 45.9. The van der Waals surface area contributed by atoms with Crippen LogP contribution >= 0.6 is 0 Å². The van der Waals surface area contributed by atoms with E-state index in [0.29, 0.717) is 17.5 Å². The summed E-state index contributed by atoms with van der Waals surface area (Å²) < 4.78 is 15.2. The van der Waals surface area contributed by atoms with Crippen molar-refractivity contribution >= 4 is 60.8 Å². The Balaban J connectivity index is 1.22. The van der Waals surface area contributed by atoms with Gasteiger partial charge in [0.1, 0.15) is 22.5 Å². The molecule has 0 spiro atoms. The molecule has 6 heteroatoms. The Morgan fingerprint density at radius 3 is 1.90 bits per heavy atom. The van der Waals surface area contributed by atoms with E-state index in [4.69, 9.17) is 23.8 Å². The van der Waals surface area contributed by atoms with Crippen molar-refractivity contribution in [2.45, 2.75) is 12.8 Å². The van der Waals surface area contributed by atoms with Crippen LogP contribution in [0.4, 0.5) is 0 Å². The highest BCUT2D eigenvalue weighted by atomic mass is 16.3. The van der Waals surface area contributed by atoms with Crippen LogP contribution in [0.2, 0.25) is 0 Å². The van der Waals surface area contributed by atoms with E-state index in [1.807, 2.05) is 36.4 Å². The standard InChI is InChI=1S/C45H28N4O2/c1-6-21-35-27(13-1)28-14-2-7-22-36(28)49(35)37-23-8-3-16-31(37)43-46-44(33-19-12-26-40-41(33)32-17-5-10-25-39(32)50-40)48-45(47-43)34-20-11-18-30-29-15-4-9-24-38(29)51-42(30)34/h1-8,10-23,25-26H,9,24H2. The first-order valence-corrected chi connectivity index (χ1v) is 17.3. The molecule has 240 valence electrons. The summed E-state index contributed by atoms with van der Waals surface area (Å²) in [7, 11) is 0. The zero-order valence-electron chi connectivity index (χ0n) is 27.4. The number of fused-ring (bicyclic) bond motifs is 9. The summed E-state index contributed by atoms with van der Waals surface area (Å²) in [6.45, 7) is 0. The second-order valence-electron chi connectivity index (χ2n) is 13.0. The number of rotatable bonds is 4. The van der Waals surface area contributed by atoms with E-state index in [0.717, 1.165) is 90.5 Å². The van der Waals surface area contributed by atoms with Gasteiger partial charge in [0.05, 0.1) is 22.3 Å². The van der Waals surface area contributed by atoms with Crippen LogP contribution in [0.3, 0.4) is 0 Å². The third kappa shape index (κ3) is 4.20. The van der Waals surface area contributed by atoms with Crippen LogP contribution in [0.5, 0.6) is 0 Å². The summed E-state index contributed by atoms with van der Waals surface area (Å²) in [4.78, 5) is 15.8. The van der Waals surface area contributed by atoms with Crippen molar-refractivity contribution in [2.24, 2.45) is 0 Å². The Morgan fingerprint density at radius 1 is 0.490 bits per heavy atom. The van der Waals surface area contributed by atoms with Crippen molar-refractivity contribution in [3.63, 3.8) is 0 Å². The number of hydrogen-bond donors (Lipinski definition) is 0. The van der Waals surface area contributed by atoms with E-state index in [9.17, 15) is 0 Å². The summed E-state index contributed by atoms with van der Waals surface area (Å²) in [6.07, 6.45) is 6.22. The Labute approximate surface area is 291 Å². The molecule has 0 bridgehead atoms. The van der Waals surface area contributed by atoms with Gasteiger partial charge in [-0.3, -0.25) is 0 Å². The molecule has 1 aliphatic rings. The zero-order valence-corrected chi connectivity index (χ0v) is 27.4. The number of furan rings is 2. The quantitative estimate of drug-likeness (QED) is 0.189. The van der Waals surface area contributed by atoms with E-state index in [1.165, 1.54) is 10.8 Å². The molecular formula is C45H28N4O2. The lowest BCUT2D eigenvalue weighted by Crippen LogP contribution is -2.03.